The summed E-state index contributed by atoms with van der Waals surface area (Å²) in [5, 5.41) is 13.5. The lowest BCUT2D eigenvalue weighted by Crippen LogP contribution is -2.24. The van der Waals surface area contributed by atoms with Gasteiger partial charge in [0.15, 0.2) is 13.2 Å². The van der Waals surface area contributed by atoms with Crippen LogP contribution in [0.15, 0.2) is 36.4 Å². The molecule has 0 saturated heterocycles. The lowest BCUT2D eigenvalue weighted by atomic mass is 10.1. The summed E-state index contributed by atoms with van der Waals surface area (Å²) in [6.07, 6.45) is 0. The molecule has 0 radical (unpaired) electrons. The van der Waals surface area contributed by atoms with Crippen LogP contribution in [-0.4, -0.2) is 30.0 Å². The number of nitrogens with one attached hydrogen (secondary N) is 1. The summed E-state index contributed by atoms with van der Waals surface area (Å²) >= 11 is 5.78. The summed E-state index contributed by atoms with van der Waals surface area (Å²) in [7, 11) is 0. The first-order chi connectivity index (χ1) is 12.8. The lowest BCUT2D eigenvalue weighted by molar-refractivity contribution is -0.383. The van der Waals surface area contributed by atoms with Crippen molar-refractivity contribution >= 4 is 34.9 Å². The minimum Gasteiger partial charge on any atom is -0.482 e. The van der Waals surface area contributed by atoms with Gasteiger partial charge in [0.05, 0.1) is 4.92 Å². The van der Waals surface area contributed by atoms with Crippen molar-refractivity contribution in [1.82, 2.24) is 0 Å². The Kier molecular flexibility index (Phi) is 6.73. The lowest BCUT2D eigenvalue weighted by Gasteiger charge is -2.10. The third-order valence-electron chi connectivity index (χ3n) is 3.47. The van der Waals surface area contributed by atoms with Gasteiger partial charge in [-0.1, -0.05) is 29.3 Å². The fraction of sp³-hybridized carbons (Fsp3) is 0.222. The monoisotopic (exact) mass is 392 g/mol. The molecule has 2 aromatic rings. The van der Waals surface area contributed by atoms with Crippen molar-refractivity contribution in [2.24, 2.45) is 0 Å². The fourth-order valence-corrected chi connectivity index (χ4v) is 2.41. The van der Waals surface area contributed by atoms with Crippen LogP contribution < -0.4 is 10.1 Å². The second-order valence-corrected chi connectivity index (χ2v) is 6.12. The highest BCUT2D eigenvalue weighted by Crippen LogP contribution is 2.27. The Morgan fingerprint density at radius 3 is 2.56 bits per heavy atom. The number of hydrogen-bond donors (Lipinski definition) is 1. The molecule has 0 heterocycles. The van der Waals surface area contributed by atoms with E-state index in [4.69, 9.17) is 21.1 Å². The Bertz CT molecular complexity index is 884. The molecule has 9 heteroatoms. The number of amides is 1. The van der Waals surface area contributed by atoms with Gasteiger partial charge in [0, 0.05) is 11.1 Å². The zero-order valence-corrected chi connectivity index (χ0v) is 15.4. The van der Waals surface area contributed by atoms with Gasteiger partial charge in [-0.15, -0.1) is 0 Å². The maximum atomic E-state index is 11.9. The van der Waals surface area contributed by atoms with Gasteiger partial charge in [-0.3, -0.25) is 14.9 Å². The second-order valence-electron chi connectivity index (χ2n) is 5.69. The van der Waals surface area contributed by atoms with Gasteiger partial charge in [-0.2, -0.15) is 0 Å². The molecule has 0 aliphatic rings. The first kappa shape index (κ1) is 20.2. The predicted octanol–water partition coefficient (Wildman–Crippen LogP) is 3.43. The van der Waals surface area contributed by atoms with E-state index in [0.717, 1.165) is 11.1 Å². The van der Waals surface area contributed by atoms with Crippen LogP contribution in [-0.2, 0) is 14.3 Å². The molecule has 1 N–H and O–H groups in total. The number of esters is 1. The number of ether oxygens (including phenoxy) is 2. The molecule has 0 aromatic heterocycles. The Balaban J connectivity index is 1.86. The smallest absolute Gasteiger partial charge is 0.344 e. The van der Waals surface area contributed by atoms with Crippen molar-refractivity contribution in [3.8, 4) is 5.75 Å². The van der Waals surface area contributed by atoms with E-state index in [1.807, 2.05) is 26.0 Å². The van der Waals surface area contributed by atoms with E-state index in [0.29, 0.717) is 5.75 Å². The maximum Gasteiger partial charge on any atom is 0.344 e. The quantitative estimate of drug-likeness (QED) is 0.439. The van der Waals surface area contributed by atoms with Crippen LogP contribution >= 0.6 is 11.6 Å². The number of halogens is 1. The molecule has 1 amide bonds. The number of aryl methyl sites for hydroxylation is 2. The van der Waals surface area contributed by atoms with E-state index in [1.54, 1.807) is 6.07 Å². The molecular formula is C18H17ClN2O6. The molecule has 142 valence electrons. The van der Waals surface area contributed by atoms with Gasteiger partial charge >= 0.3 is 5.97 Å². The van der Waals surface area contributed by atoms with Crippen molar-refractivity contribution in [3.63, 3.8) is 0 Å². The first-order valence-electron chi connectivity index (χ1n) is 7.85. The average Bonchev–Trinajstić information content (AvgIpc) is 2.59. The van der Waals surface area contributed by atoms with E-state index in [9.17, 15) is 19.7 Å². The summed E-state index contributed by atoms with van der Waals surface area (Å²) in [6, 6.07) is 9.23. The number of rotatable bonds is 7. The maximum absolute atomic E-state index is 11.9. The predicted molar refractivity (Wildman–Crippen MR) is 99.1 cm³/mol. The molecule has 0 bridgehead atoms. The van der Waals surface area contributed by atoms with Gasteiger partial charge < -0.3 is 14.8 Å². The van der Waals surface area contributed by atoms with Crippen LogP contribution in [0.3, 0.4) is 0 Å². The highest BCUT2D eigenvalue weighted by molar-refractivity contribution is 6.31. The number of benzene rings is 2. The second kappa shape index (κ2) is 9.00. The first-order valence-corrected chi connectivity index (χ1v) is 8.23. The zero-order chi connectivity index (χ0) is 20.0. The minimum atomic E-state index is -0.745. The molecule has 0 aliphatic heterocycles. The van der Waals surface area contributed by atoms with Crippen molar-refractivity contribution < 1.29 is 24.0 Å². The normalized spacial score (nSPS) is 10.2. The van der Waals surface area contributed by atoms with E-state index >= 15 is 0 Å². The van der Waals surface area contributed by atoms with Crippen LogP contribution in [0.2, 0.25) is 5.02 Å². The number of nitro groups is 1. The van der Waals surface area contributed by atoms with E-state index < -0.39 is 23.4 Å². The number of anilines is 1. The van der Waals surface area contributed by atoms with Crippen molar-refractivity contribution in [1.29, 1.82) is 0 Å². The van der Waals surface area contributed by atoms with Crippen LogP contribution in [0.5, 0.6) is 5.75 Å². The van der Waals surface area contributed by atoms with E-state index in [2.05, 4.69) is 5.32 Å². The van der Waals surface area contributed by atoms with Gasteiger partial charge in [0.2, 0.25) is 0 Å². The molecule has 2 aromatic carbocycles. The van der Waals surface area contributed by atoms with Gasteiger partial charge in [-0.25, -0.2) is 4.79 Å². The summed E-state index contributed by atoms with van der Waals surface area (Å²) in [5.41, 5.74) is 1.53. The third kappa shape index (κ3) is 5.96. The molecule has 8 nitrogen and oxygen atoms in total. The van der Waals surface area contributed by atoms with Crippen LogP contribution in [0.1, 0.15) is 11.1 Å². The van der Waals surface area contributed by atoms with E-state index in [-0.39, 0.29) is 23.0 Å². The minimum absolute atomic E-state index is 0.0833. The van der Waals surface area contributed by atoms with Crippen LogP contribution in [0, 0.1) is 24.0 Å². The summed E-state index contributed by atoms with van der Waals surface area (Å²) in [6.45, 7) is 2.81. The molecule has 0 saturated carbocycles. The Morgan fingerprint density at radius 2 is 1.89 bits per heavy atom. The topological polar surface area (TPSA) is 108 Å². The standard InChI is InChI=1S/C18H17ClN2O6/c1-11-3-6-16(12(2)7-11)26-10-18(23)27-9-17(22)20-14-8-13(19)4-5-15(14)21(24)25/h3-8H,9-10H2,1-2H3,(H,20,22). The summed E-state index contributed by atoms with van der Waals surface area (Å²) < 4.78 is 10.2. The Labute approximate surface area is 160 Å². The van der Waals surface area contributed by atoms with Crippen molar-refractivity contribution in [2.75, 3.05) is 18.5 Å². The molecule has 0 spiro atoms. The van der Waals surface area contributed by atoms with Gasteiger partial charge in [0.1, 0.15) is 11.4 Å². The fourth-order valence-electron chi connectivity index (χ4n) is 2.24. The molecule has 2 rings (SSSR count). The Hall–Kier alpha value is -3.13. The number of carbonyl (C=O) groups is 2. The third-order valence-corrected chi connectivity index (χ3v) is 3.70. The van der Waals surface area contributed by atoms with Gasteiger partial charge in [-0.05, 0) is 37.6 Å². The van der Waals surface area contributed by atoms with Crippen molar-refractivity contribution in [3.05, 3.63) is 62.7 Å². The number of nitro benzene ring substituents is 1. The van der Waals surface area contributed by atoms with Gasteiger partial charge in [0.25, 0.3) is 11.6 Å². The molecule has 0 aliphatic carbocycles. The molecule has 0 atom stereocenters. The molecule has 0 fully saturated rings. The zero-order valence-electron chi connectivity index (χ0n) is 14.7. The molecule has 0 unspecified atom stereocenters. The largest absolute Gasteiger partial charge is 0.482 e. The summed E-state index contributed by atoms with van der Waals surface area (Å²) in [4.78, 5) is 33.9. The van der Waals surface area contributed by atoms with E-state index in [1.165, 1.54) is 18.2 Å². The van der Waals surface area contributed by atoms with Crippen LogP contribution in [0.25, 0.3) is 0 Å². The average molecular weight is 393 g/mol. The highest BCUT2D eigenvalue weighted by Gasteiger charge is 2.17. The number of nitrogens with zero attached hydrogens (tertiary/aromatic N) is 1. The summed E-state index contributed by atoms with van der Waals surface area (Å²) in [5.74, 6) is -0.942. The Morgan fingerprint density at radius 1 is 1.15 bits per heavy atom. The highest BCUT2D eigenvalue weighted by atomic mass is 35.5. The molecule has 27 heavy (non-hydrogen) atoms. The SMILES string of the molecule is Cc1ccc(OCC(=O)OCC(=O)Nc2cc(Cl)ccc2[N+](=O)[O-])c(C)c1. The van der Waals surface area contributed by atoms with Crippen LogP contribution in [0.4, 0.5) is 11.4 Å². The molecular weight excluding hydrogens is 376 g/mol. The number of carbonyl (C=O) groups excluding carboxylic acids is 2. The number of hydrogen-bond acceptors (Lipinski definition) is 6. The van der Waals surface area contributed by atoms with Crippen molar-refractivity contribution in [2.45, 2.75) is 13.8 Å².